The van der Waals surface area contributed by atoms with E-state index in [0.717, 1.165) is 131 Å². The minimum absolute atomic E-state index is 0.407. The van der Waals surface area contributed by atoms with Crippen molar-refractivity contribution in [3.63, 3.8) is 0 Å². The van der Waals surface area contributed by atoms with Crippen molar-refractivity contribution in [3.05, 3.63) is 290 Å². The van der Waals surface area contributed by atoms with E-state index in [0.29, 0.717) is 33.9 Å². The zero-order valence-corrected chi connectivity index (χ0v) is 47.5. The summed E-state index contributed by atoms with van der Waals surface area (Å²) in [7, 11) is 0. The van der Waals surface area contributed by atoms with Gasteiger partial charge in [0.1, 0.15) is 23.3 Å². The van der Waals surface area contributed by atoms with Crippen molar-refractivity contribution in [2.24, 2.45) is 0 Å². The predicted molar refractivity (Wildman–Crippen MR) is 362 cm³/mol. The summed E-state index contributed by atoms with van der Waals surface area (Å²) in [6.07, 6.45) is 0. The second-order valence-corrected chi connectivity index (χ2v) is 23.6. The van der Waals surface area contributed by atoms with Crippen LogP contribution in [0.25, 0.3) is 164 Å². The van der Waals surface area contributed by atoms with E-state index in [1.165, 1.54) is 10.1 Å². The van der Waals surface area contributed by atoms with Crippen molar-refractivity contribution < 1.29 is 0 Å². The molecule has 6 nitrogen and oxygen atoms in total. The van der Waals surface area contributed by atoms with E-state index < -0.39 is 0 Å². The third kappa shape index (κ3) is 7.01. The van der Waals surface area contributed by atoms with Crippen LogP contribution >= 0.6 is 11.3 Å². The molecule has 0 saturated heterocycles. The van der Waals surface area contributed by atoms with Gasteiger partial charge in [-0.3, -0.25) is 0 Å². The lowest BCUT2D eigenvalue weighted by molar-refractivity contribution is 1.03. The molecule has 0 aliphatic rings. The maximum Gasteiger partial charge on any atom is 0.104 e. The highest BCUT2D eigenvalue weighted by Gasteiger charge is 2.35. The van der Waals surface area contributed by atoms with Gasteiger partial charge in [0, 0.05) is 58.6 Å². The highest BCUT2D eigenvalue weighted by Crippen LogP contribution is 2.51. The van der Waals surface area contributed by atoms with E-state index in [1.54, 1.807) is 11.3 Å². The summed E-state index contributed by atoms with van der Waals surface area (Å²) in [6.45, 7) is 0. The Morgan fingerprint density at radius 3 is 0.954 bits per heavy atom. The second kappa shape index (κ2) is 18.9. The molecule has 0 bridgehead atoms. The number of fused-ring (bicyclic) bond motifs is 16. The molecule has 87 heavy (non-hydrogen) atoms. The number of benzene rings is 13. The van der Waals surface area contributed by atoms with Crippen LogP contribution in [-0.2, 0) is 0 Å². The summed E-state index contributed by atoms with van der Waals surface area (Å²) < 4.78 is 11.5. The van der Waals surface area contributed by atoms with Gasteiger partial charge < -0.3 is 18.3 Å². The van der Waals surface area contributed by atoms with Crippen LogP contribution in [0.2, 0.25) is 0 Å². The normalized spacial score (nSPS) is 11.9. The molecular formula is C80H46N6S. The lowest BCUT2D eigenvalue weighted by atomic mass is 9.98. The molecule has 0 unspecified atom stereocenters. The minimum Gasteiger partial charge on any atom is -0.306 e. The zero-order valence-electron chi connectivity index (χ0n) is 46.6. The van der Waals surface area contributed by atoms with Crippen LogP contribution in [0.15, 0.2) is 279 Å². The Morgan fingerprint density at radius 1 is 0.241 bits per heavy atom. The average molecular weight is 1120 g/mol. The fourth-order valence-corrected chi connectivity index (χ4v) is 15.6. The lowest BCUT2D eigenvalue weighted by Crippen LogP contribution is -2.16. The Morgan fingerprint density at radius 2 is 0.552 bits per heavy atom. The average Bonchev–Trinajstić information content (AvgIpc) is 1.65. The molecule has 0 atom stereocenters. The van der Waals surface area contributed by atoms with Crippen LogP contribution in [0, 0.1) is 22.7 Å². The molecule has 0 aliphatic carbocycles. The first-order chi connectivity index (χ1) is 43.1. The highest BCUT2D eigenvalue weighted by atomic mass is 32.1. The summed E-state index contributed by atoms with van der Waals surface area (Å²) in [6, 6.07) is 105. The SMILES string of the molecule is N#Cc1c(-n2c3ccccc3c3cc(-c4ccccc4)ccc32)c(-n2c3ccccc3c3cc(-c4ccccc4)ccc32)c(C#N)c(-n2c3ccccc3c3ccc4c5ccccc5sc4c32)c1-n1c2ccccc2c2cc(-c3ccccc3)ccc21. The summed E-state index contributed by atoms with van der Waals surface area (Å²) in [5.41, 5.74) is 17.1. The van der Waals surface area contributed by atoms with Crippen molar-refractivity contribution in [1.82, 2.24) is 18.3 Å². The van der Waals surface area contributed by atoms with Gasteiger partial charge >= 0.3 is 0 Å². The van der Waals surface area contributed by atoms with Crippen LogP contribution in [-0.4, -0.2) is 18.3 Å². The monoisotopic (exact) mass is 1120 g/mol. The van der Waals surface area contributed by atoms with Gasteiger partial charge in [0.15, 0.2) is 0 Å². The van der Waals surface area contributed by atoms with Gasteiger partial charge in [-0.15, -0.1) is 11.3 Å². The number of para-hydroxylation sites is 4. The molecule has 0 fully saturated rings. The van der Waals surface area contributed by atoms with Crippen LogP contribution in [0.4, 0.5) is 0 Å². The number of hydrogen-bond acceptors (Lipinski definition) is 3. The van der Waals surface area contributed by atoms with Gasteiger partial charge in [0.25, 0.3) is 0 Å². The number of nitrogens with zero attached hydrogens (tertiary/aromatic N) is 6. The molecule has 7 heteroatoms. The maximum absolute atomic E-state index is 13.1. The molecule has 5 heterocycles. The molecule has 13 aromatic carbocycles. The first-order valence-corrected chi connectivity index (χ1v) is 30.1. The van der Waals surface area contributed by atoms with Crippen molar-refractivity contribution in [2.75, 3.05) is 0 Å². The maximum atomic E-state index is 13.1. The van der Waals surface area contributed by atoms with E-state index >= 15 is 0 Å². The van der Waals surface area contributed by atoms with Crippen LogP contribution < -0.4 is 0 Å². The number of aromatic nitrogens is 4. The van der Waals surface area contributed by atoms with E-state index in [-0.39, 0.29) is 0 Å². The summed E-state index contributed by atoms with van der Waals surface area (Å²) >= 11 is 1.77. The summed E-state index contributed by atoms with van der Waals surface area (Å²) in [4.78, 5) is 0. The molecule has 0 spiro atoms. The van der Waals surface area contributed by atoms with Crippen molar-refractivity contribution in [3.8, 4) is 68.3 Å². The molecule has 5 aromatic heterocycles. The Kier molecular flexibility index (Phi) is 10.6. The number of nitriles is 2. The number of hydrogen-bond donors (Lipinski definition) is 0. The van der Waals surface area contributed by atoms with Crippen LogP contribution in [0.1, 0.15) is 11.1 Å². The molecule has 18 rings (SSSR count). The van der Waals surface area contributed by atoms with E-state index in [1.807, 2.05) is 12.1 Å². The molecule has 402 valence electrons. The van der Waals surface area contributed by atoms with E-state index in [2.05, 4.69) is 297 Å². The first-order valence-electron chi connectivity index (χ1n) is 29.3. The third-order valence-electron chi connectivity index (χ3n) is 18.0. The number of thiophene rings is 1. The molecule has 18 aromatic rings. The van der Waals surface area contributed by atoms with Crippen molar-refractivity contribution in [1.29, 1.82) is 10.5 Å². The van der Waals surface area contributed by atoms with Crippen LogP contribution in [0.5, 0.6) is 0 Å². The van der Waals surface area contributed by atoms with E-state index in [9.17, 15) is 10.5 Å². The van der Waals surface area contributed by atoms with Gasteiger partial charge in [-0.25, -0.2) is 0 Å². The summed E-state index contributed by atoms with van der Waals surface area (Å²) in [5, 5.41) is 36.8. The lowest BCUT2D eigenvalue weighted by Gasteiger charge is -2.27. The third-order valence-corrected chi connectivity index (χ3v) is 19.2. The molecule has 0 saturated carbocycles. The van der Waals surface area contributed by atoms with Gasteiger partial charge in [0.2, 0.25) is 0 Å². The smallest absolute Gasteiger partial charge is 0.104 e. The topological polar surface area (TPSA) is 67.3 Å². The molecule has 0 radical (unpaired) electrons. The standard InChI is InChI=1S/C80H46N6S/c81-47-65-75(83-67-31-15-11-27-56(67)62-44-52(36-41-71(62)83)49-20-4-1-5-21-49)76(84-68-32-16-12-28-57(68)63-45-53(37-42-72(63)84)50-22-6-2-7-23-50)66(48-82)78(77(65)85-69-33-17-13-29-58(69)64-46-54(38-43-73(64)85)51-24-8-3-9-25-51)86-70-34-18-10-26-55(70)60-39-40-61-59-30-14-19-35-74(59)87-80(61)79(60)86/h1-46H. The Balaban J connectivity index is 1.11. The highest BCUT2D eigenvalue weighted by molar-refractivity contribution is 7.26. The van der Waals surface area contributed by atoms with Crippen LogP contribution in [0.3, 0.4) is 0 Å². The summed E-state index contributed by atoms with van der Waals surface area (Å²) in [5.74, 6) is 0. The molecule has 0 amide bonds. The Labute approximate surface area is 502 Å². The predicted octanol–water partition coefficient (Wildman–Crippen LogP) is 21.2. The van der Waals surface area contributed by atoms with Gasteiger partial charge in [-0.05, 0) is 100 Å². The quantitative estimate of drug-likeness (QED) is 0.160. The van der Waals surface area contributed by atoms with E-state index in [4.69, 9.17) is 0 Å². The second-order valence-electron chi connectivity index (χ2n) is 22.5. The molecule has 0 aliphatic heterocycles. The zero-order chi connectivity index (χ0) is 57.4. The largest absolute Gasteiger partial charge is 0.306 e. The number of rotatable bonds is 7. The fraction of sp³-hybridized carbons (Fsp3) is 0. The van der Waals surface area contributed by atoms with Crippen molar-refractivity contribution in [2.45, 2.75) is 0 Å². The van der Waals surface area contributed by atoms with Gasteiger partial charge in [0.05, 0.1) is 71.6 Å². The molecular weight excluding hydrogens is 1080 g/mol. The van der Waals surface area contributed by atoms with Crippen molar-refractivity contribution >= 4 is 119 Å². The van der Waals surface area contributed by atoms with Gasteiger partial charge in [-0.1, -0.05) is 212 Å². The van der Waals surface area contributed by atoms with Gasteiger partial charge in [-0.2, -0.15) is 10.5 Å². The molecule has 0 N–H and O–H groups in total. The fourth-order valence-electron chi connectivity index (χ4n) is 14.3. The minimum atomic E-state index is 0.407. The first kappa shape index (κ1) is 48.8. The Bertz CT molecular complexity index is 6020. The Hall–Kier alpha value is -11.7.